The van der Waals surface area contributed by atoms with E-state index in [0.717, 1.165) is 17.9 Å². The van der Waals surface area contributed by atoms with Crippen LogP contribution in [0.25, 0.3) is 0 Å². The fourth-order valence-corrected chi connectivity index (χ4v) is 3.24. The highest BCUT2D eigenvalue weighted by atomic mass is 32.2. The summed E-state index contributed by atoms with van der Waals surface area (Å²) in [4.78, 5) is 14.5. The first-order valence-electron chi connectivity index (χ1n) is 6.74. The molecule has 1 N–H and O–H groups in total. The third kappa shape index (κ3) is 3.31. The number of carbonyl (C=O) groups is 1. The number of rotatable bonds is 5. The van der Waals surface area contributed by atoms with Crippen LogP contribution in [0.15, 0.2) is 30.3 Å². The smallest absolute Gasteiger partial charge is 0.245 e. The molecule has 0 saturated carbocycles. The van der Waals surface area contributed by atoms with Crippen LogP contribution in [0.4, 0.5) is 0 Å². The third-order valence-electron chi connectivity index (χ3n) is 3.50. The van der Waals surface area contributed by atoms with E-state index in [0.29, 0.717) is 5.92 Å². The fraction of sp³-hybridized carbons (Fsp3) is 0.533. The predicted octanol–water partition coefficient (Wildman–Crippen LogP) is 2.50. The van der Waals surface area contributed by atoms with E-state index >= 15 is 0 Å². The number of amides is 1. The maximum atomic E-state index is 12.5. The Balaban J connectivity index is 2.06. The number of hydrogen-bond donors (Lipinski definition) is 1. The number of hydrogen-bond acceptors (Lipinski definition) is 3. The lowest BCUT2D eigenvalue weighted by Crippen LogP contribution is -2.38. The average molecular weight is 278 g/mol. The van der Waals surface area contributed by atoms with Crippen LogP contribution in [0.5, 0.6) is 0 Å². The molecule has 2 rings (SSSR count). The van der Waals surface area contributed by atoms with Crippen molar-refractivity contribution in [2.45, 2.75) is 26.1 Å². The van der Waals surface area contributed by atoms with Gasteiger partial charge in [0.05, 0.1) is 6.17 Å². The zero-order chi connectivity index (χ0) is 13.8. The molecule has 1 aromatic carbocycles. The molecule has 1 amide bonds. The van der Waals surface area contributed by atoms with Crippen LogP contribution in [0, 0.1) is 5.92 Å². The SMILES string of the molecule is CSCC(C)CN1C(=O)C(c2ccccc2)NC1C. The lowest BCUT2D eigenvalue weighted by molar-refractivity contribution is -0.130. The number of carbonyl (C=O) groups excluding carboxylic acids is 1. The molecule has 0 radical (unpaired) electrons. The molecule has 0 bridgehead atoms. The monoisotopic (exact) mass is 278 g/mol. The van der Waals surface area contributed by atoms with Gasteiger partial charge in [-0.2, -0.15) is 11.8 Å². The molecule has 0 spiro atoms. The Kier molecular flexibility index (Phi) is 4.88. The van der Waals surface area contributed by atoms with E-state index in [1.807, 2.05) is 47.0 Å². The van der Waals surface area contributed by atoms with E-state index in [9.17, 15) is 4.79 Å². The summed E-state index contributed by atoms with van der Waals surface area (Å²) in [6.07, 6.45) is 2.22. The zero-order valence-electron chi connectivity index (χ0n) is 11.8. The van der Waals surface area contributed by atoms with Crippen molar-refractivity contribution in [1.29, 1.82) is 0 Å². The largest absolute Gasteiger partial charge is 0.325 e. The number of thioether (sulfide) groups is 1. The first-order valence-corrected chi connectivity index (χ1v) is 8.13. The Morgan fingerprint density at radius 2 is 2.05 bits per heavy atom. The summed E-state index contributed by atoms with van der Waals surface area (Å²) in [6.45, 7) is 5.09. The first-order chi connectivity index (χ1) is 9.13. The lowest BCUT2D eigenvalue weighted by atomic mass is 10.1. The number of benzene rings is 1. The minimum Gasteiger partial charge on any atom is -0.325 e. The van der Waals surface area contributed by atoms with Gasteiger partial charge in [0, 0.05) is 6.54 Å². The molecule has 3 atom stereocenters. The molecule has 1 aromatic rings. The predicted molar refractivity (Wildman–Crippen MR) is 81.0 cm³/mol. The summed E-state index contributed by atoms with van der Waals surface area (Å²) < 4.78 is 0. The van der Waals surface area contributed by atoms with Crippen LogP contribution in [-0.2, 0) is 4.79 Å². The van der Waals surface area contributed by atoms with Crippen LogP contribution in [0.1, 0.15) is 25.5 Å². The second kappa shape index (κ2) is 6.44. The Morgan fingerprint density at radius 3 is 2.68 bits per heavy atom. The molecule has 1 aliphatic heterocycles. The molecule has 3 nitrogen and oxygen atoms in total. The van der Waals surface area contributed by atoms with Gasteiger partial charge in [-0.25, -0.2) is 0 Å². The van der Waals surface area contributed by atoms with Crippen molar-refractivity contribution in [2.24, 2.45) is 5.92 Å². The Labute approximate surface area is 119 Å². The molecule has 3 unspecified atom stereocenters. The van der Waals surface area contributed by atoms with Crippen LogP contribution < -0.4 is 5.32 Å². The highest BCUT2D eigenvalue weighted by Gasteiger charge is 2.37. The molecule has 0 aromatic heterocycles. The topological polar surface area (TPSA) is 32.3 Å². The fourth-order valence-electron chi connectivity index (χ4n) is 2.56. The van der Waals surface area contributed by atoms with Crippen LogP contribution in [-0.4, -0.2) is 35.5 Å². The summed E-state index contributed by atoms with van der Waals surface area (Å²) in [5.41, 5.74) is 1.05. The Morgan fingerprint density at radius 1 is 1.37 bits per heavy atom. The summed E-state index contributed by atoms with van der Waals surface area (Å²) in [5.74, 6) is 1.82. The molecular weight excluding hydrogens is 256 g/mol. The maximum absolute atomic E-state index is 12.5. The van der Waals surface area contributed by atoms with Gasteiger partial charge in [0.15, 0.2) is 0 Å². The quantitative estimate of drug-likeness (QED) is 0.898. The summed E-state index contributed by atoms with van der Waals surface area (Å²) in [7, 11) is 0. The highest BCUT2D eigenvalue weighted by Crippen LogP contribution is 2.25. The van der Waals surface area contributed by atoms with Crippen molar-refractivity contribution in [3.05, 3.63) is 35.9 Å². The summed E-state index contributed by atoms with van der Waals surface area (Å²) in [6, 6.07) is 9.78. The van der Waals surface area contributed by atoms with E-state index in [-0.39, 0.29) is 18.1 Å². The van der Waals surface area contributed by atoms with E-state index in [2.05, 4.69) is 25.4 Å². The normalized spacial score (nSPS) is 24.8. The molecule has 0 aliphatic carbocycles. The summed E-state index contributed by atoms with van der Waals surface area (Å²) in [5, 5.41) is 3.39. The Bertz CT molecular complexity index is 423. The van der Waals surface area contributed by atoms with Crippen LogP contribution in [0.3, 0.4) is 0 Å². The number of nitrogens with one attached hydrogen (secondary N) is 1. The van der Waals surface area contributed by atoms with Gasteiger partial charge in [-0.05, 0) is 30.4 Å². The van der Waals surface area contributed by atoms with E-state index < -0.39 is 0 Å². The van der Waals surface area contributed by atoms with Crippen molar-refractivity contribution in [3.8, 4) is 0 Å². The van der Waals surface area contributed by atoms with Crippen molar-refractivity contribution < 1.29 is 4.79 Å². The second-order valence-electron chi connectivity index (χ2n) is 5.24. The maximum Gasteiger partial charge on any atom is 0.245 e. The van der Waals surface area contributed by atoms with Gasteiger partial charge in [0.2, 0.25) is 5.91 Å². The molecule has 1 fully saturated rings. The van der Waals surface area contributed by atoms with Gasteiger partial charge in [-0.1, -0.05) is 37.3 Å². The molecule has 4 heteroatoms. The third-order valence-corrected chi connectivity index (χ3v) is 4.40. The van der Waals surface area contributed by atoms with Crippen LogP contribution in [0.2, 0.25) is 0 Å². The van der Waals surface area contributed by atoms with E-state index in [1.165, 1.54) is 0 Å². The van der Waals surface area contributed by atoms with Crippen molar-refractivity contribution in [1.82, 2.24) is 10.2 Å². The molecule has 1 saturated heterocycles. The number of nitrogens with zero attached hydrogens (tertiary/aromatic N) is 1. The lowest BCUT2D eigenvalue weighted by Gasteiger charge is -2.24. The summed E-state index contributed by atoms with van der Waals surface area (Å²) >= 11 is 1.83. The molecule has 104 valence electrons. The standard InChI is InChI=1S/C15H22N2OS/c1-11(10-19-3)9-17-12(2)16-14(15(17)18)13-7-5-4-6-8-13/h4-8,11-12,14,16H,9-10H2,1-3H3. The molecule has 1 heterocycles. The minimum atomic E-state index is -0.183. The van der Waals surface area contributed by atoms with Crippen molar-refractivity contribution >= 4 is 17.7 Å². The first kappa shape index (κ1) is 14.4. The molecule has 19 heavy (non-hydrogen) atoms. The van der Waals surface area contributed by atoms with Crippen molar-refractivity contribution in [2.75, 3.05) is 18.6 Å². The van der Waals surface area contributed by atoms with Crippen molar-refractivity contribution in [3.63, 3.8) is 0 Å². The molecule has 1 aliphatic rings. The van der Waals surface area contributed by atoms with Gasteiger partial charge in [-0.3, -0.25) is 10.1 Å². The van der Waals surface area contributed by atoms with Crippen LogP contribution >= 0.6 is 11.8 Å². The van der Waals surface area contributed by atoms with E-state index in [4.69, 9.17) is 0 Å². The van der Waals surface area contributed by atoms with Gasteiger partial charge in [0.25, 0.3) is 0 Å². The highest BCUT2D eigenvalue weighted by molar-refractivity contribution is 7.98. The average Bonchev–Trinajstić information content (AvgIpc) is 2.68. The minimum absolute atomic E-state index is 0.113. The van der Waals surface area contributed by atoms with Gasteiger partial charge < -0.3 is 4.90 Å². The van der Waals surface area contributed by atoms with Gasteiger partial charge in [0.1, 0.15) is 6.04 Å². The molecular formula is C15H22N2OS. The second-order valence-corrected chi connectivity index (χ2v) is 6.15. The van der Waals surface area contributed by atoms with E-state index in [1.54, 1.807) is 0 Å². The Hall–Kier alpha value is -1.00. The van der Waals surface area contributed by atoms with Gasteiger partial charge >= 0.3 is 0 Å². The zero-order valence-corrected chi connectivity index (χ0v) is 12.6. The van der Waals surface area contributed by atoms with Gasteiger partial charge in [-0.15, -0.1) is 0 Å².